The van der Waals surface area contributed by atoms with Crippen LogP contribution in [0.4, 0.5) is 0 Å². The zero-order valence-corrected chi connectivity index (χ0v) is 42.2. The van der Waals surface area contributed by atoms with Gasteiger partial charge in [0.15, 0.2) is 6.10 Å². The number of unbranched alkanes of at least 4 members (excludes halogenated alkanes) is 26. The fourth-order valence-electron chi connectivity index (χ4n) is 7.22. The number of carbonyl (C=O) groups excluding carboxylic acids is 3. The summed E-state index contributed by atoms with van der Waals surface area (Å²) in [5.74, 6) is -0.976. The summed E-state index contributed by atoms with van der Waals surface area (Å²) >= 11 is 0. The summed E-state index contributed by atoms with van der Waals surface area (Å²) in [6, 6.07) is 0. The number of esters is 3. The maximum Gasteiger partial charge on any atom is 0.306 e. The Kier molecular flexibility index (Phi) is 50.0. The third-order valence-corrected chi connectivity index (χ3v) is 11.3. The minimum atomic E-state index is -0.810. The van der Waals surface area contributed by atoms with Crippen LogP contribution in [0.2, 0.25) is 0 Å². The van der Waals surface area contributed by atoms with Gasteiger partial charge in [0.2, 0.25) is 0 Å². The van der Waals surface area contributed by atoms with E-state index < -0.39 is 6.10 Å². The lowest BCUT2D eigenvalue weighted by molar-refractivity contribution is -0.167. The molecule has 0 spiro atoms. The largest absolute Gasteiger partial charge is 0.462 e. The van der Waals surface area contributed by atoms with Crippen LogP contribution in [0.5, 0.6) is 0 Å². The van der Waals surface area contributed by atoms with E-state index in [2.05, 4.69) is 57.2 Å². The second-order valence-electron chi connectivity index (χ2n) is 17.6. The lowest BCUT2D eigenvalue weighted by atomic mass is 10.0. The van der Waals surface area contributed by atoms with Crippen molar-refractivity contribution in [2.24, 2.45) is 0 Å². The van der Waals surface area contributed by atoms with Crippen LogP contribution >= 0.6 is 0 Å². The van der Waals surface area contributed by atoms with Gasteiger partial charge in [0.1, 0.15) is 13.2 Å². The minimum Gasteiger partial charge on any atom is -0.462 e. The van der Waals surface area contributed by atoms with Crippen LogP contribution in [-0.4, -0.2) is 37.2 Å². The van der Waals surface area contributed by atoms with Crippen molar-refractivity contribution in [3.05, 3.63) is 97.2 Å². The average molecular weight is 903 g/mol. The lowest BCUT2D eigenvalue weighted by Crippen LogP contribution is -2.30. The second-order valence-corrected chi connectivity index (χ2v) is 17.6. The predicted octanol–water partition coefficient (Wildman–Crippen LogP) is 17.8. The van der Waals surface area contributed by atoms with E-state index in [9.17, 15) is 14.4 Å². The van der Waals surface area contributed by atoms with Gasteiger partial charge >= 0.3 is 17.9 Å². The van der Waals surface area contributed by atoms with Crippen LogP contribution < -0.4 is 0 Å². The first-order valence-electron chi connectivity index (χ1n) is 26.8. The topological polar surface area (TPSA) is 78.9 Å². The fraction of sp³-hybridized carbons (Fsp3) is 0.678. The van der Waals surface area contributed by atoms with Gasteiger partial charge in [-0.15, -0.1) is 0 Å². The summed E-state index contributed by atoms with van der Waals surface area (Å²) in [6.45, 7) is 6.38. The van der Waals surface area contributed by atoms with Crippen LogP contribution in [0, 0.1) is 0 Å². The third kappa shape index (κ3) is 51.2. The molecule has 0 aromatic carbocycles. The van der Waals surface area contributed by atoms with Crippen molar-refractivity contribution in [3.8, 4) is 0 Å². The first-order chi connectivity index (χ1) is 32.0. The number of hydrogen-bond acceptors (Lipinski definition) is 6. The molecule has 0 aromatic rings. The molecule has 0 aliphatic carbocycles. The molecule has 0 aliphatic rings. The molecule has 65 heavy (non-hydrogen) atoms. The van der Waals surface area contributed by atoms with Crippen molar-refractivity contribution >= 4 is 17.9 Å². The molecule has 6 nitrogen and oxygen atoms in total. The van der Waals surface area contributed by atoms with Gasteiger partial charge in [-0.3, -0.25) is 14.4 Å². The number of rotatable bonds is 47. The summed E-state index contributed by atoms with van der Waals surface area (Å²) < 4.78 is 16.7. The van der Waals surface area contributed by atoms with Crippen LogP contribution in [-0.2, 0) is 28.6 Å². The maximum atomic E-state index is 12.8. The van der Waals surface area contributed by atoms with Gasteiger partial charge in [-0.2, -0.15) is 0 Å². The van der Waals surface area contributed by atoms with Gasteiger partial charge in [0.05, 0.1) is 0 Å². The third-order valence-electron chi connectivity index (χ3n) is 11.3. The Morgan fingerprint density at radius 3 is 1.00 bits per heavy atom. The van der Waals surface area contributed by atoms with Crippen molar-refractivity contribution in [2.45, 2.75) is 245 Å². The highest BCUT2D eigenvalue weighted by Gasteiger charge is 2.19. The van der Waals surface area contributed by atoms with Crippen molar-refractivity contribution in [2.75, 3.05) is 13.2 Å². The Hall–Kier alpha value is -3.67. The zero-order valence-electron chi connectivity index (χ0n) is 42.2. The summed E-state index contributed by atoms with van der Waals surface area (Å²) in [5.41, 5.74) is 0. The number of ether oxygens (including phenoxy) is 3. The molecule has 0 saturated carbocycles. The first kappa shape index (κ1) is 61.3. The van der Waals surface area contributed by atoms with Crippen LogP contribution in [0.25, 0.3) is 0 Å². The molecular formula is C59H98O6. The Bertz CT molecular complexity index is 1310. The van der Waals surface area contributed by atoms with E-state index in [-0.39, 0.29) is 37.5 Å². The highest BCUT2D eigenvalue weighted by atomic mass is 16.6. The van der Waals surface area contributed by atoms with Gasteiger partial charge in [-0.05, 0) is 57.8 Å². The minimum absolute atomic E-state index is 0.103. The van der Waals surface area contributed by atoms with Gasteiger partial charge in [-0.25, -0.2) is 0 Å². The van der Waals surface area contributed by atoms with E-state index >= 15 is 0 Å². The predicted molar refractivity (Wildman–Crippen MR) is 279 cm³/mol. The van der Waals surface area contributed by atoms with E-state index in [0.29, 0.717) is 19.3 Å². The number of hydrogen-bond donors (Lipinski definition) is 0. The molecule has 0 aliphatic heterocycles. The average Bonchev–Trinajstić information content (AvgIpc) is 3.30. The van der Waals surface area contributed by atoms with Crippen LogP contribution in [0.15, 0.2) is 97.2 Å². The molecule has 6 heteroatoms. The molecule has 0 rings (SSSR count). The molecule has 0 aromatic heterocycles. The fourth-order valence-corrected chi connectivity index (χ4v) is 7.22. The van der Waals surface area contributed by atoms with E-state index in [0.717, 1.165) is 77.0 Å². The van der Waals surface area contributed by atoms with Gasteiger partial charge in [0, 0.05) is 19.3 Å². The van der Waals surface area contributed by atoms with E-state index in [4.69, 9.17) is 14.2 Å². The highest BCUT2D eigenvalue weighted by molar-refractivity contribution is 5.71. The van der Waals surface area contributed by atoms with Gasteiger partial charge < -0.3 is 14.2 Å². The first-order valence-corrected chi connectivity index (χ1v) is 26.8. The molecule has 1 atom stereocenters. The molecule has 0 fully saturated rings. The van der Waals surface area contributed by atoms with Crippen LogP contribution in [0.3, 0.4) is 0 Å². The molecule has 0 radical (unpaired) electrons. The van der Waals surface area contributed by atoms with Gasteiger partial charge in [0.25, 0.3) is 0 Å². The molecule has 0 saturated heterocycles. The molecule has 1 unspecified atom stereocenters. The molecule has 0 heterocycles. The maximum absolute atomic E-state index is 12.8. The zero-order chi connectivity index (χ0) is 47.2. The quantitative estimate of drug-likeness (QED) is 0.0262. The Labute approximate surface area is 400 Å². The smallest absolute Gasteiger partial charge is 0.306 e. The Morgan fingerprint density at radius 2 is 0.615 bits per heavy atom. The van der Waals surface area contributed by atoms with Crippen molar-refractivity contribution in [1.82, 2.24) is 0 Å². The standard InChI is InChI=1S/C59H98O6/c1-4-7-10-13-16-19-22-24-26-28-29-31-32-34-37-40-43-46-49-52-58(61)64-55-56(54-63-57(60)51-48-45-42-39-36-21-18-15-12-9-6-3)65-59(62)53-50-47-44-41-38-35-33-30-27-25-23-20-17-14-11-8-5-2/h8,11,14-15,17-18,20-21,23,25,27,30,33,35-36,38,56H,4-7,9-10,12-13,16,19,22,24,26,28-29,31-32,34,37,39-55H2,1-3H3/b11-8-,17-14-,18-15-,23-20-,27-25-,33-30+,36-21-,38-35-. The van der Waals surface area contributed by atoms with Crippen molar-refractivity contribution in [1.29, 1.82) is 0 Å². The summed E-state index contributed by atoms with van der Waals surface area (Å²) in [4.78, 5) is 38.0. The molecular weight excluding hydrogens is 805 g/mol. The van der Waals surface area contributed by atoms with E-state index in [1.807, 2.05) is 60.8 Å². The summed E-state index contributed by atoms with van der Waals surface area (Å²) in [7, 11) is 0. The Morgan fingerprint density at radius 1 is 0.323 bits per heavy atom. The number of carbonyl (C=O) groups is 3. The van der Waals surface area contributed by atoms with Crippen molar-refractivity contribution < 1.29 is 28.6 Å². The lowest BCUT2D eigenvalue weighted by Gasteiger charge is -2.18. The van der Waals surface area contributed by atoms with Gasteiger partial charge in [-0.1, -0.05) is 259 Å². The second kappa shape index (κ2) is 52.9. The normalized spacial score (nSPS) is 12.8. The summed E-state index contributed by atoms with van der Waals surface area (Å²) in [5, 5.41) is 0. The summed E-state index contributed by atoms with van der Waals surface area (Å²) in [6.07, 6.45) is 69.7. The molecule has 0 N–H and O–H groups in total. The number of allylic oxidation sites excluding steroid dienone is 16. The monoisotopic (exact) mass is 903 g/mol. The van der Waals surface area contributed by atoms with Crippen LogP contribution in [0.1, 0.15) is 239 Å². The van der Waals surface area contributed by atoms with Crippen molar-refractivity contribution in [3.63, 3.8) is 0 Å². The van der Waals surface area contributed by atoms with E-state index in [1.54, 1.807) is 0 Å². The van der Waals surface area contributed by atoms with E-state index in [1.165, 1.54) is 116 Å². The molecule has 0 bridgehead atoms. The SMILES string of the molecule is CC\C=C/C=C\C=C/C=C\C=C\C=C/CCCCCC(=O)OC(COC(=O)CCCCC/C=C\C=C/CCCC)COC(=O)CCCCCCCCCCCCCCCCCCCCC. The Balaban J connectivity index is 4.44. The molecule has 0 amide bonds. The molecule has 370 valence electrons. The highest BCUT2D eigenvalue weighted by Crippen LogP contribution is 2.16.